The van der Waals surface area contributed by atoms with Crippen LogP contribution in [0, 0.1) is 5.92 Å². The van der Waals surface area contributed by atoms with Gasteiger partial charge in [0.15, 0.2) is 5.84 Å². The number of amides is 1. The standard InChI is InChI=1S/C21H28N4O6S3/c1-33(28,29)22-10-12-11-32-20-18(12)34(30,31)24-19(23-20)16-17(26)14-8-5-9-15(14)25(21(16)27)13-6-3-2-4-7-13/h11,13-15,22,26H,2-10H2,1H3,(H,23,24). The summed E-state index contributed by atoms with van der Waals surface area (Å²) in [5.74, 6) is -0.834. The van der Waals surface area contributed by atoms with Crippen LogP contribution in [0.5, 0.6) is 0 Å². The molecule has 186 valence electrons. The Hall–Kier alpha value is -1.96. The molecular weight excluding hydrogens is 500 g/mol. The number of aliphatic hydroxyl groups is 1. The van der Waals surface area contributed by atoms with Crippen LogP contribution >= 0.6 is 11.3 Å². The summed E-state index contributed by atoms with van der Waals surface area (Å²) in [7, 11) is -7.74. The van der Waals surface area contributed by atoms with Gasteiger partial charge < -0.3 is 15.3 Å². The fraction of sp³-hybridized carbons (Fsp3) is 0.619. The molecule has 5 rings (SSSR count). The van der Waals surface area contributed by atoms with Gasteiger partial charge >= 0.3 is 0 Å². The maximum Gasteiger partial charge on any atom is 0.287 e. The number of fused-ring (bicyclic) bond motifs is 2. The van der Waals surface area contributed by atoms with Crippen molar-refractivity contribution in [2.24, 2.45) is 10.3 Å². The first-order valence-electron chi connectivity index (χ1n) is 11.5. The first kappa shape index (κ1) is 23.8. The van der Waals surface area contributed by atoms with Gasteiger partial charge in [-0.2, -0.15) is 8.42 Å². The van der Waals surface area contributed by atoms with E-state index in [1.165, 1.54) is 0 Å². The number of aliphatic hydroxyl groups excluding tert-OH is 1. The smallest absolute Gasteiger partial charge is 0.287 e. The van der Waals surface area contributed by atoms with E-state index < -0.39 is 20.0 Å². The molecule has 13 heteroatoms. The van der Waals surface area contributed by atoms with Crippen LogP contribution in [0.25, 0.3) is 0 Å². The number of anilines is 1. The Morgan fingerprint density at radius 3 is 2.65 bits per heavy atom. The summed E-state index contributed by atoms with van der Waals surface area (Å²) in [6.45, 7) is -0.192. The van der Waals surface area contributed by atoms with Crippen molar-refractivity contribution in [3.05, 3.63) is 22.3 Å². The summed E-state index contributed by atoms with van der Waals surface area (Å²) in [5, 5.41) is 15.9. The molecular formula is C21H28N4O6S3. The van der Waals surface area contributed by atoms with E-state index in [1.807, 2.05) is 4.90 Å². The number of hydrogen-bond donors (Lipinski definition) is 3. The Bertz CT molecular complexity index is 1290. The predicted octanol–water partition coefficient (Wildman–Crippen LogP) is 2.47. The van der Waals surface area contributed by atoms with Crippen molar-refractivity contribution in [3.63, 3.8) is 0 Å². The van der Waals surface area contributed by atoms with Gasteiger partial charge in [-0.3, -0.25) is 4.79 Å². The summed E-state index contributed by atoms with van der Waals surface area (Å²) in [5.41, 5.74) is 0.209. The molecule has 0 saturated heterocycles. The highest BCUT2D eigenvalue weighted by atomic mass is 32.2. The number of amidine groups is 1. The maximum absolute atomic E-state index is 13.7. The summed E-state index contributed by atoms with van der Waals surface area (Å²) in [6, 6.07) is 0.0211. The quantitative estimate of drug-likeness (QED) is 0.532. The van der Waals surface area contributed by atoms with E-state index in [9.17, 15) is 26.7 Å². The molecule has 0 aromatic carbocycles. The van der Waals surface area contributed by atoms with Crippen molar-refractivity contribution >= 4 is 48.1 Å². The largest absolute Gasteiger partial charge is 0.511 e. The molecule has 0 radical (unpaired) electrons. The lowest BCUT2D eigenvalue weighted by molar-refractivity contribution is -0.135. The van der Waals surface area contributed by atoms with E-state index in [4.69, 9.17) is 0 Å². The zero-order chi connectivity index (χ0) is 24.3. The van der Waals surface area contributed by atoms with Gasteiger partial charge in [-0.05, 0) is 31.1 Å². The minimum Gasteiger partial charge on any atom is -0.511 e. The second-order valence-electron chi connectivity index (χ2n) is 9.42. The molecule has 0 spiro atoms. The number of thiophene rings is 1. The van der Waals surface area contributed by atoms with E-state index in [1.54, 1.807) is 5.38 Å². The van der Waals surface area contributed by atoms with Crippen LogP contribution in [-0.4, -0.2) is 56.9 Å². The summed E-state index contributed by atoms with van der Waals surface area (Å²) in [6.07, 6.45) is 8.52. The second-order valence-corrected chi connectivity index (χ2v) is 13.7. The van der Waals surface area contributed by atoms with E-state index in [-0.39, 0.29) is 63.1 Å². The van der Waals surface area contributed by atoms with Crippen LogP contribution < -0.4 is 10.0 Å². The molecule has 3 heterocycles. The number of hydrogen-bond acceptors (Lipinski definition) is 8. The number of sulfonamides is 2. The van der Waals surface area contributed by atoms with Gasteiger partial charge in [0, 0.05) is 30.1 Å². The highest BCUT2D eigenvalue weighted by molar-refractivity contribution is 7.91. The number of carbonyl (C=O) groups is 1. The van der Waals surface area contributed by atoms with Crippen molar-refractivity contribution in [1.29, 1.82) is 0 Å². The third-order valence-corrected chi connectivity index (χ3v) is 10.3. The molecule has 0 bridgehead atoms. The minimum absolute atomic E-state index is 0.0628. The highest BCUT2D eigenvalue weighted by Gasteiger charge is 2.49. The molecule has 4 aliphatic rings. The zero-order valence-electron chi connectivity index (χ0n) is 18.8. The number of carbonyl (C=O) groups excluding carboxylic acids is 1. The molecule has 1 aromatic heterocycles. The Morgan fingerprint density at radius 2 is 1.94 bits per heavy atom. The van der Waals surface area contributed by atoms with Gasteiger partial charge in [0.1, 0.15) is 21.2 Å². The topological polar surface area (TPSA) is 145 Å². The highest BCUT2D eigenvalue weighted by Crippen LogP contribution is 2.44. The molecule has 2 fully saturated rings. The molecule has 2 aliphatic heterocycles. The van der Waals surface area contributed by atoms with Gasteiger partial charge in [0.25, 0.3) is 15.9 Å². The van der Waals surface area contributed by atoms with Gasteiger partial charge in [0.05, 0.1) is 6.26 Å². The normalized spacial score (nSPS) is 27.3. The number of rotatable bonds is 5. The van der Waals surface area contributed by atoms with Crippen LogP contribution in [0.1, 0.15) is 56.9 Å². The first-order chi connectivity index (χ1) is 16.1. The Balaban J connectivity index is 1.52. The third kappa shape index (κ3) is 4.16. The Labute approximate surface area is 203 Å². The lowest BCUT2D eigenvalue weighted by Crippen LogP contribution is -2.55. The average Bonchev–Trinajstić information content (AvgIpc) is 3.40. The molecule has 10 nitrogen and oxygen atoms in total. The predicted molar refractivity (Wildman–Crippen MR) is 129 cm³/mol. The molecule has 2 atom stereocenters. The molecule has 2 aliphatic carbocycles. The fourth-order valence-corrected chi connectivity index (χ4v) is 8.70. The van der Waals surface area contributed by atoms with Gasteiger partial charge in [-0.15, -0.1) is 15.7 Å². The van der Waals surface area contributed by atoms with Crippen molar-refractivity contribution in [1.82, 2.24) is 9.62 Å². The Kier molecular flexibility index (Phi) is 6.02. The van der Waals surface area contributed by atoms with Crippen molar-refractivity contribution in [3.8, 4) is 0 Å². The van der Waals surface area contributed by atoms with Crippen LogP contribution in [0.4, 0.5) is 5.00 Å². The first-order valence-corrected chi connectivity index (χ1v) is 15.7. The molecule has 3 N–H and O–H groups in total. The van der Waals surface area contributed by atoms with E-state index in [0.29, 0.717) is 0 Å². The third-order valence-electron chi connectivity index (χ3n) is 7.14. The Morgan fingerprint density at radius 1 is 1.21 bits per heavy atom. The summed E-state index contributed by atoms with van der Waals surface area (Å²) >= 11 is 1.09. The van der Waals surface area contributed by atoms with Gasteiger partial charge in [-0.1, -0.05) is 25.7 Å². The molecule has 1 amide bonds. The van der Waals surface area contributed by atoms with Gasteiger partial charge in [0.2, 0.25) is 10.0 Å². The van der Waals surface area contributed by atoms with Crippen LogP contribution in [-0.2, 0) is 31.4 Å². The minimum atomic E-state index is -4.22. The summed E-state index contributed by atoms with van der Waals surface area (Å²) < 4.78 is 55.4. The van der Waals surface area contributed by atoms with Crippen molar-refractivity contribution < 1.29 is 26.7 Å². The summed E-state index contributed by atoms with van der Waals surface area (Å²) in [4.78, 5) is 15.5. The fourth-order valence-electron chi connectivity index (χ4n) is 5.67. The second kappa shape index (κ2) is 8.61. The zero-order valence-corrected chi connectivity index (χ0v) is 21.2. The van der Waals surface area contributed by atoms with E-state index in [0.717, 1.165) is 69.0 Å². The van der Waals surface area contributed by atoms with Crippen LogP contribution in [0.2, 0.25) is 0 Å². The molecule has 34 heavy (non-hydrogen) atoms. The van der Waals surface area contributed by atoms with Crippen LogP contribution in [0.15, 0.2) is 26.0 Å². The maximum atomic E-state index is 13.7. The van der Waals surface area contributed by atoms with Crippen molar-refractivity contribution in [2.45, 2.75) is 74.9 Å². The number of nitrogens with zero attached hydrogens (tertiary/aromatic N) is 2. The van der Waals surface area contributed by atoms with E-state index >= 15 is 0 Å². The molecule has 1 aromatic rings. The SMILES string of the molecule is CS(=O)(=O)NCc1csc2c1S(=O)(=O)N=C(C1=C(O)C3CCCC3N(C3CCCCC3)C1=O)N2. The monoisotopic (exact) mass is 528 g/mol. The van der Waals surface area contributed by atoms with Crippen LogP contribution in [0.3, 0.4) is 0 Å². The number of nitrogens with one attached hydrogen (secondary N) is 2. The van der Waals surface area contributed by atoms with Gasteiger partial charge in [-0.25, -0.2) is 13.1 Å². The lowest BCUT2D eigenvalue weighted by atomic mass is 9.85. The molecule has 2 saturated carbocycles. The lowest BCUT2D eigenvalue weighted by Gasteiger charge is -2.44. The molecule has 2 unspecified atom stereocenters. The van der Waals surface area contributed by atoms with E-state index in [2.05, 4.69) is 14.4 Å². The van der Waals surface area contributed by atoms with Crippen molar-refractivity contribution in [2.75, 3.05) is 11.6 Å². The average molecular weight is 529 g/mol.